The lowest BCUT2D eigenvalue weighted by atomic mass is 9.88. The van der Waals surface area contributed by atoms with Gasteiger partial charge in [0.05, 0.1) is 26.2 Å². The first-order valence-corrected chi connectivity index (χ1v) is 9.87. The molecule has 2 saturated heterocycles. The van der Waals surface area contributed by atoms with Gasteiger partial charge < -0.3 is 19.5 Å². The predicted molar refractivity (Wildman–Crippen MR) is 107 cm³/mol. The number of hydrogen-bond acceptors (Lipinski definition) is 7. The normalized spacial score (nSPS) is 22.6. The zero-order valence-electron chi connectivity index (χ0n) is 16.5. The summed E-state index contributed by atoms with van der Waals surface area (Å²) in [5.74, 6) is 0.0944. The van der Waals surface area contributed by atoms with E-state index in [1.54, 1.807) is 7.11 Å². The lowest BCUT2D eigenvalue weighted by molar-refractivity contribution is -0.141. The highest BCUT2D eigenvalue weighted by Gasteiger charge is 2.39. The Kier molecular flexibility index (Phi) is 5.92. The van der Waals surface area contributed by atoms with Crippen LogP contribution in [0.15, 0.2) is 36.7 Å². The molecule has 2 atom stereocenters. The maximum absolute atomic E-state index is 11.9. The number of aromatic nitrogens is 2. The van der Waals surface area contributed by atoms with E-state index in [-0.39, 0.29) is 5.92 Å². The third kappa shape index (κ3) is 4.33. The molecule has 0 spiro atoms. The SMILES string of the molecule is COc1ccccc1[C@@H]1CN(Cc2cnc(N3CCOCC3)nc2)C[C@H]1C(=O)O. The number of aliphatic carboxylic acids is 1. The number of ether oxygens (including phenoxy) is 2. The maximum atomic E-state index is 11.9. The lowest BCUT2D eigenvalue weighted by Crippen LogP contribution is -2.37. The largest absolute Gasteiger partial charge is 0.496 e. The molecule has 2 aliphatic heterocycles. The number of nitrogens with zero attached hydrogens (tertiary/aromatic N) is 4. The highest BCUT2D eigenvalue weighted by molar-refractivity contribution is 5.72. The molecular formula is C21H26N4O4. The number of morpholine rings is 1. The van der Waals surface area contributed by atoms with Crippen LogP contribution in [0.4, 0.5) is 5.95 Å². The summed E-state index contributed by atoms with van der Waals surface area (Å²) >= 11 is 0. The van der Waals surface area contributed by atoms with E-state index >= 15 is 0 Å². The first kappa shape index (κ1) is 19.6. The van der Waals surface area contributed by atoms with Crippen molar-refractivity contribution in [2.24, 2.45) is 5.92 Å². The number of likely N-dealkylation sites (tertiary alicyclic amines) is 1. The Bertz CT molecular complexity index is 839. The number of rotatable bonds is 6. The summed E-state index contributed by atoms with van der Waals surface area (Å²) in [7, 11) is 1.62. The molecule has 2 aromatic rings. The van der Waals surface area contributed by atoms with Crippen molar-refractivity contribution in [1.82, 2.24) is 14.9 Å². The molecule has 2 aliphatic rings. The molecule has 0 amide bonds. The van der Waals surface area contributed by atoms with Gasteiger partial charge in [0.2, 0.25) is 5.95 Å². The summed E-state index contributed by atoms with van der Waals surface area (Å²) in [6.07, 6.45) is 3.67. The van der Waals surface area contributed by atoms with Crippen molar-refractivity contribution in [2.45, 2.75) is 12.5 Å². The summed E-state index contributed by atoms with van der Waals surface area (Å²) in [5, 5.41) is 9.77. The van der Waals surface area contributed by atoms with Crippen molar-refractivity contribution in [1.29, 1.82) is 0 Å². The van der Waals surface area contributed by atoms with Gasteiger partial charge in [-0.05, 0) is 11.6 Å². The van der Waals surface area contributed by atoms with Gasteiger partial charge in [0.1, 0.15) is 5.75 Å². The Morgan fingerprint density at radius 2 is 1.93 bits per heavy atom. The summed E-state index contributed by atoms with van der Waals surface area (Å²) in [6.45, 7) is 4.75. The van der Waals surface area contributed by atoms with Gasteiger partial charge in [0.25, 0.3) is 0 Å². The van der Waals surface area contributed by atoms with E-state index in [1.807, 2.05) is 36.7 Å². The number of hydrogen-bond donors (Lipinski definition) is 1. The van der Waals surface area contributed by atoms with E-state index in [4.69, 9.17) is 9.47 Å². The van der Waals surface area contributed by atoms with Crippen molar-refractivity contribution in [3.63, 3.8) is 0 Å². The van der Waals surface area contributed by atoms with Crippen molar-refractivity contribution in [3.8, 4) is 5.75 Å². The molecule has 154 valence electrons. The molecule has 4 rings (SSSR count). The Morgan fingerprint density at radius 1 is 1.21 bits per heavy atom. The molecule has 0 saturated carbocycles. The number of anilines is 1. The topological polar surface area (TPSA) is 88.0 Å². The van der Waals surface area contributed by atoms with Gasteiger partial charge in [-0.25, -0.2) is 9.97 Å². The van der Waals surface area contributed by atoms with E-state index in [0.717, 1.165) is 30.0 Å². The third-order valence-corrected chi connectivity index (χ3v) is 5.64. The molecule has 1 aromatic carbocycles. The van der Waals surface area contributed by atoms with E-state index in [2.05, 4.69) is 19.8 Å². The second kappa shape index (κ2) is 8.75. The van der Waals surface area contributed by atoms with Crippen molar-refractivity contribution in [2.75, 3.05) is 51.4 Å². The molecule has 0 unspecified atom stereocenters. The van der Waals surface area contributed by atoms with Crippen LogP contribution in [-0.2, 0) is 16.1 Å². The zero-order valence-corrected chi connectivity index (χ0v) is 16.5. The van der Waals surface area contributed by atoms with Gasteiger partial charge in [0.15, 0.2) is 0 Å². The monoisotopic (exact) mass is 398 g/mol. The molecule has 0 bridgehead atoms. The van der Waals surface area contributed by atoms with Crippen LogP contribution in [0.25, 0.3) is 0 Å². The summed E-state index contributed by atoms with van der Waals surface area (Å²) < 4.78 is 10.8. The molecule has 0 radical (unpaired) electrons. The second-order valence-electron chi connectivity index (χ2n) is 7.48. The number of carboxylic acid groups (broad SMARTS) is 1. The van der Waals surface area contributed by atoms with Crippen LogP contribution in [0, 0.1) is 5.92 Å². The van der Waals surface area contributed by atoms with Gasteiger partial charge >= 0.3 is 5.97 Å². The molecule has 2 fully saturated rings. The van der Waals surface area contributed by atoms with Gasteiger partial charge in [-0.15, -0.1) is 0 Å². The molecule has 1 aromatic heterocycles. The zero-order chi connectivity index (χ0) is 20.2. The smallest absolute Gasteiger partial charge is 0.308 e. The highest BCUT2D eigenvalue weighted by Crippen LogP contribution is 2.38. The van der Waals surface area contributed by atoms with E-state index in [9.17, 15) is 9.90 Å². The molecule has 29 heavy (non-hydrogen) atoms. The van der Waals surface area contributed by atoms with Crippen LogP contribution in [0.3, 0.4) is 0 Å². The minimum Gasteiger partial charge on any atom is -0.496 e. The molecule has 1 N–H and O–H groups in total. The number of carbonyl (C=O) groups is 1. The van der Waals surface area contributed by atoms with Crippen LogP contribution in [-0.4, -0.2) is 72.4 Å². The van der Waals surface area contributed by atoms with E-state index < -0.39 is 11.9 Å². The minimum absolute atomic E-state index is 0.114. The number of benzene rings is 1. The maximum Gasteiger partial charge on any atom is 0.308 e. The predicted octanol–water partition coefficient (Wildman–Crippen LogP) is 1.62. The van der Waals surface area contributed by atoms with Gasteiger partial charge in [-0.3, -0.25) is 9.69 Å². The number of carboxylic acids is 1. The standard InChI is InChI=1S/C21H26N4O4/c1-28-19-5-3-2-4-16(19)17-13-24(14-18(17)20(26)27)12-15-10-22-21(23-11-15)25-6-8-29-9-7-25/h2-5,10-11,17-18H,6-9,12-14H2,1H3,(H,26,27)/t17-,18+/m0/s1. The highest BCUT2D eigenvalue weighted by atomic mass is 16.5. The fourth-order valence-corrected chi connectivity index (χ4v) is 4.17. The quantitative estimate of drug-likeness (QED) is 0.786. The van der Waals surface area contributed by atoms with Crippen molar-refractivity contribution in [3.05, 3.63) is 47.8 Å². The Morgan fingerprint density at radius 3 is 2.62 bits per heavy atom. The lowest BCUT2D eigenvalue weighted by Gasteiger charge is -2.26. The third-order valence-electron chi connectivity index (χ3n) is 5.64. The van der Waals surface area contributed by atoms with Crippen LogP contribution >= 0.6 is 0 Å². The first-order valence-electron chi connectivity index (χ1n) is 9.87. The Labute approximate surface area is 170 Å². The molecular weight excluding hydrogens is 372 g/mol. The van der Waals surface area contributed by atoms with Gasteiger partial charge in [-0.1, -0.05) is 18.2 Å². The minimum atomic E-state index is -0.776. The summed E-state index contributed by atoms with van der Waals surface area (Å²) in [5.41, 5.74) is 1.93. The van der Waals surface area contributed by atoms with E-state index in [0.29, 0.717) is 38.8 Å². The number of methoxy groups -OCH3 is 1. The molecule has 8 heteroatoms. The molecule has 3 heterocycles. The summed E-state index contributed by atoms with van der Waals surface area (Å²) in [4.78, 5) is 25.2. The first-order chi connectivity index (χ1) is 14.2. The fourth-order valence-electron chi connectivity index (χ4n) is 4.17. The van der Waals surface area contributed by atoms with Crippen LogP contribution in [0.2, 0.25) is 0 Å². The fraction of sp³-hybridized carbons (Fsp3) is 0.476. The average molecular weight is 398 g/mol. The Hall–Kier alpha value is -2.71. The van der Waals surface area contributed by atoms with Crippen LogP contribution < -0.4 is 9.64 Å². The van der Waals surface area contributed by atoms with Crippen molar-refractivity contribution >= 4 is 11.9 Å². The summed E-state index contributed by atoms with van der Waals surface area (Å²) in [6, 6.07) is 7.67. The van der Waals surface area contributed by atoms with E-state index in [1.165, 1.54) is 0 Å². The van der Waals surface area contributed by atoms with Crippen LogP contribution in [0.1, 0.15) is 17.0 Å². The number of para-hydroxylation sites is 1. The Balaban J connectivity index is 1.46. The van der Waals surface area contributed by atoms with Crippen molar-refractivity contribution < 1.29 is 19.4 Å². The molecule has 8 nitrogen and oxygen atoms in total. The molecule has 0 aliphatic carbocycles. The second-order valence-corrected chi connectivity index (χ2v) is 7.48. The van der Waals surface area contributed by atoms with Crippen LogP contribution in [0.5, 0.6) is 5.75 Å². The van der Waals surface area contributed by atoms with Gasteiger partial charge in [0, 0.05) is 56.6 Å². The average Bonchev–Trinajstić information content (AvgIpc) is 3.19. The van der Waals surface area contributed by atoms with Gasteiger partial charge in [-0.2, -0.15) is 0 Å².